The second kappa shape index (κ2) is 2.71. The topological polar surface area (TPSA) is 46.5 Å². The zero-order chi connectivity index (χ0) is 9.53. The number of rotatable bonds is 3. The molecule has 13 heavy (non-hydrogen) atoms. The van der Waals surface area contributed by atoms with Gasteiger partial charge in [-0.15, -0.1) is 0 Å². The molecule has 2 rings (SSSR count). The molecule has 0 radical (unpaired) electrons. The molecule has 0 saturated heterocycles. The van der Waals surface area contributed by atoms with Crippen LogP contribution in [0.3, 0.4) is 0 Å². The number of fused-ring (bicyclic) bond motifs is 2. The first-order valence-electron chi connectivity index (χ1n) is 4.85. The van der Waals surface area contributed by atoms with Gasteiger partial charge in [-0.3, -0.25) is 4.79 Å². The molecule has 0 aromatic heterocycles. The molecule has 2 saturated carbocycles. The smallest absolute Gasteiger partial charge is 0.309 e. The fourth-order valence-corrected chi connectivity index (χ4v) is 3.12. The molecule has 0 atom stereocenters. The number of carbonyl (C=O) groups is 1. The molecule has 0 amide bonds. The second-order valence-corrected chi connectivity index (χ2v) is 4.70. The van der Waals surface area contributed by atoms with Gasteiger partial charge in [-0.2, -0.15) is 0 Å². The molecule has 3 nitrogen and oxygen atoms in total. The summed E-state index contributed by atoms with van der Waals surface area (Å²) in [5.74, 6) is -0.594. The van der Waals surface area contributed by atoms with Gasteiger partial charge in [-0.25, -0.2) is 0 Å². The predicted molar refractivity (Wildman–Crippen MR) is 47.5 cm³/mol. The molecule has 2 fully saturated rings. The van der Waals surface area contributed by atoms with Crippen molar-refractivity contribution >= 4 is 5.97 Å². The Bertz CT molecular complexity index is 226. The Morgan fingerprint density at radius 2 is 2.00 bits per heavy atom. The van der Waals surface area contributed by atoms with Gasteiger partial charge in [0, 0.05) is 7.11 Å². The summed E-state index contributed by atoms with van der Waals surface area (Å²) in [5.41, 5.74) is -0.189. The lowest BCUT2D eigenvalue weighted by Gasteiger charge is -2.25. The van der Waals surface area contributed by atoms with E-state index in [1.54, 1.807) is 7.11 Å². The van der Waals surface area contributed by atoms with E-state index in [9.17, 15) is 4.79 Å². The summed E-state index contributed by atoms with van der Waals surface area (Å²) in [6, 6.07) is 0. The van der Waals surface area contributed by atoms with Gasteiger partial charge in [0.05, 0.1) is 12.0 Å². The van der Waals surface area contributed by atoms with Crippen LogP contribution in [-0.4, -0.2) is 24.8 Å². The quantitative estimate of drug-likeness (QED) is 0.725. The number of aliphatic carboxylic acids is 1. The highest BCUT2D eigenvalue weighted by Gasteiger charge is 2.58. The van der Waals surface area contributed by atoms with Crippen molar-refractivity contribution < 1.29 is 14.6 Å². The molecule has 2 bridgehead atoms. The molecule has 0 aromatic rings. The summed E-state index contributed by atoms with van der Waals surface area (Å²) in [4.78, 5) is 11.1. The zero-order valence-electron chi connectivity index (χ0n) is 8.01. The predicted octanol–water partition coefficient (Wildman–Crippen LogP) is 1.67. The number of hydrogen-bond donors (Lipinski definition) is 1. The Morgan fingerprint density at radius 1 is 1.38 bits per heavy atom. The lowest BCUT2D eigenvalue weighted by atomic mass is 9.82. The van der Waals surface area contributed by atoms with E-state index in [1.165, 1.54) is 0 Å². The van der Waals surface area contributed by atoms with E-state index in [4.69, 9.17) is 9.84 Å². The highest BCUT2D eigenvalue weighted by Crippen LogP contribution is 2.61. The van der Waals surface area contributed by atoms with Crippen LogP contribution in [0, 0.1) is 10.8 Å². The van der Waals surface area contributed by atoms with Gasteiger partial charge in [0.25, 0.3) is 0 Å². The Labute approximate surface area is 78.1 Å². The van der Waals surface area contributed by atoms with E-state index in [0.29, 0.717) is 0 Å². The standard InChI is InChI=1S/C10H16O3/c1-13-7-9-2-4-10(6-9,5-3-9)8(11)12/h2-7H2,1H3,(H,11,12). The Morgan fingerprint density at radius 3 is 2.38 bits per heavy atom. The minimum atomic E-state index is -0.594. The third-order valence-corrected chi connectivity index (χ3v) is 3.89. The monoisotopic (exact) mass is 184 g/mol. The maximum Gasteiger partial charge on any atom is 0.309 e. The first-order chi connectivity index (χ1) is 6.13. The van der Waals surface area contributed by atoms with Gasteiger partial charge in [0.2, 0.25) is 0 Å². The van der Waals surface area contributed by atoms with E-state index in [0.717, 1.165) is 38.7 Å². The Hall–Kier alpha value is -0.570. The number of ether oxygens (including phenoxy) is 1. The molecule has 74 valence electrons. The van der Waals surface area contributed by atoms with Crippen LogP contribution in [-0.2, 0) is 9.53 Å². The van der Waals surface area contributed by atoms with Crippen molar-refractivity contribution in [1.29, 1.82) is 0 Å². The van der Waals surface area contributed by atoms with Crippen molar-refractivity contribution in [1.82, 2.24) is 0 Å². The fourth-order valence-electron chi connectivity index (χ4n) is 3.12. The third-order valence-electron chi connectivity index (χ3n) is 3.89. The largest absolute Gasteiger partial charge is 0.481 e. The minimum Gasteiger partial charge on any atom is -0.481 e. The van der Waals surface area contributed by atoms with Crippen molar-refractivity contribution in [2.24, 2.45) is 10.8 Å². The molecule has 0 aromatic carbocycles. The summed E-state index contributed by atoms with van der Waals surface area (Å²) in [6.45, 7) is 0.738. The van der Waals surface area contributed by atoms with Gasteiger partial charge in [-0.05, 0) is 37.5 Å². The maximum atomic E-state index is 11.1. The fraction of sp³-hybridized carbons (Fsp3) is 0.900. The van der Waals surface area contributed by atoms with Crippen molar-refractivity contribution in [3.05, 3.63) is 0 Å². The SMILES string of the molecule is COCC12CCC(C(=O)O)(CC1)C2. The van der Waals surface area contributed by atoms with Crippen LogP contribution < -0.4 is 0 Å². The molecule has 0 aliphatic heterocycles. The van der Waals surface area contributed by atoms with Gasteiger partial charge in [0.1, 0.15) is 0 Å². The normalized spacial score (nSPS) is 42.5. The van der Waals surface area contributed by atoms with Crippen molar-refractivity contribution in [2.45, 2.75) is 32.1 Å². The second-order valence-electron chi connectivity index (χ2n) is 4.70. The summed E-state index contributed by atoms with van der Waals surface area (Å²) < 4.78 is 5.18. The first-order valence-corrected chi connectivity index (χ1v) is 4.85. The van der Waals surface area contributed by atoms with E-state index >= 15 is 0 Å². The summed E-state index contributed by atoms with van der Waals surface area (Å²) in [6.07, 6.45) is 4.61. The average molecular weight is 184 g/mol. The molecular weight excluding hydrogens is 168 g/mol. The van der Waals surface area contributed by atoms with Crippen LogP contribution in [0.2, 0.25) is 0 Å². The van der Waals surface area contributed by atoms with Crippen LogP contribution in [0.1, 0.15) is 32.1 Å². The molecule has 2 aliphatic rings. The molecular formula is C10H16O3. The lowest BCUT2D eigenvalue weighted by Crippen LogP contribution is -2.25. The average Bonchev–Trinajstić information content (AvgIpc) is 2.61. The molecule has 0 spiro atoms. The minimum absolute atomic E-state index is 0.202. The Kier molecular flexibility index (Phi) is 1.88. The van der Waals surface area contributed by atoms with Crippen molar-refractivity contribution in [3.8, 4) is 0 Å². The van der Waals surface area contributed by atoms with E-state index < -0.39 is 11.4 Å². The van der Waals surface area contributed by atoms with Crippen LogP contribution in [0.4, 0.5) is 0 Å². The molecule has 0 heterocycles. The molecule has 1 N–H and O–H groups in total. The van der Waals surface area contributed by atoms with Gasteiger partial charge >= 0.3 is 5.97 Å². The maximum absolute atomic E-state index is 11.1. The third kappa shape index (κ3) is 1.17. The van der Waals surface area contributed by atoms with Gasteiger partial charge in [-0.1, -0.05) is 0 Å². The number of carboxylic acids is 1. The Balaban J connectivity index is 2.14. The summed E-state index contributed by atoms with van der Waals surface area (Å²) in [5, 5.41) is 9.13. The van der Waals surface area contributed by atoms with Crippen LogP contribution >= 0.6 is 0 Å². The summed E-state index contributed by atoms with van der Waals surface area (Å²) >= 11 is 0. The number of hydrogen-bond acceptors (Lipinski definition) is 2. The van der Waals surface area contributed by atoms with E-state index in [1.807, 2.05) is 0 Å². The summed E-state index contributed by atoms with van der Waals surface area (Å²) in [7, 11) is 1.70. The van der Waals surface area contributed by atoms with Crippen molar-refractivity contribution in [3.63, 3.8) is 0 Å². The van der Waals surface area contributed by atoms with Crippen LogP contribution in [0.25, 0.3) is 0 Å². The van der Waals surface area contributed by atoms with Crippen molar-refractivity contribution in [2.75, 3.05) is 13.7 Å². The van der Waals surface area contributed by atoms with Gasteiger partial charge < -0.3 is 9.84 Å². The van der Waals surface area contributed by atoms with E-state index in [2.05, 4.69) is 0 Å². The number of carboxylic acid groups (broad SMARTS) is 1. The highest BCUT2D eigenvalue weighted by molar-refractivity contribution is 5.75. The van der Waals surface area contributed by atoms with E-state index in [-0.39, 0.29) is 5.41 Å². The molecule has 3 heteroatoms. The lowest BCUT2D eigenvalue weighted by molar-refractivity contribution is -0.148. The number of methoxy groups -OCH3 is 1. The molecule has 0 unspecified atom stereocenters. The first kappa shape index (κ1) is 9.00. The molecule has 2 aliphatic carbocycles. The zero-order valence-corrected chi connectivity index (χ0v) is 8.01. The van der Waals surface area contributed by atoms with Crippen LogP contribution in [0.5, 0.6) is 0 Å². The highest BCUT2D eigenvalue weighted by atomic mass is 16.5. The van der Waals surface area contributed by atoms with Crippen LogP contribution in [0.15, 0.2) is 0 Å². The van der Waals surface area contributed by atoms with Gasteiger partial charge in [0.15, 0.2) is 0 Å².